The fourth-order valence-corrected chi connectivity index (χ4v) is 0.758. The topological polar surface area (TPSA) is 29.1 Å². The monoisotopic (exact) mass is 155 g/mol. The number of carbonyl (C=O) groups is 1. The molecule has 0 aliphatic carbocycles. The standard InChI is InChI=1S/C9H17NO/c1-3-5-7-10-8-9(11)6-4-2/h4,6,10H,3,5,7-8H2,1-2H3. The first-order valence-corrected chi connectivity index (χ1v) is 4.17. The minimum absolute atomic E-state index is 0.156. The van der Waals surface area contributed by atoms with Crippen molar-refractivity contribution in [3.63, 3.8) is 0 Å². The Balaban J connectivity index is 3.17. The number of ketones is 1. The zero-order chi connectivity index (χ0) is 8.53. The summed E-state index contributed by atoms with van der Waals surface area (Å²) < 4.78 is 0. The number of carbonyl (C=O) groups excluding carboxylic acids is 1. The van der Waals surface area contributed by atoms with Crippen LogP contribution in [0, 0.1) is 0 Å². The number of hydrogen-bond donors (Lipinski definition) is 1. The molecule has 11 heavy (non-hydrogen) atoms. The van der Waals surface area contributed by atoms with Gasteiger partial charge < -0.3 is 5.32 Å². The van der Waals surface area contributed by atoms with Crippen LogP contribution in [0.1, 0.15) is 26.7 Å². The lowest BCUT2D eigenvalue weighted by atomic mass is 10.3. The summed E-state index contributed by atoms with van der Waals surface area (Å²) >= 11 is 0. The second-order valence-electron chi connectivity index (χ2n) is 2.50. The highest BCUT2D eigenvalue weighted by molar-refractivity contribution is 5.91. The molecule has 0 aromatic carbocycles. The van der Waals surface area contributed by atoms with Crippen LogP contribution < -0.4 is 5.32 Å². The van der Waals surface area contributed by atoms with Crippen LogP contribution >= 0.6 is 0 Å². The Morgan fingerprint density at radius 3 is 2.82 bits per heavy atom. The maximum atomic E-state index is 10.9. The molecule has 0 heterocycles. The second-order valence-corrected chi connectivity index (χ2v) is 2.50. The fourth-order valence-electron chi connectivity index (χ4n) is 0.758. The number of unbranched alkanes of at least 4 members (excludes halogenated alkanes) is 1. The van der Waals surface area contributed by atoms with E-state index in [4.69, 9.17) is 0 Å². The van der Waals surface area contributed by atoms with Gasteiger partial charge >= 0.3 is 0 Å². The summed E-state index contributed by atoms with van der Waals surface area (Å²) in [4.78, 5) is 10.9. The summed E-state index contributed by atoms with van der Waals surface area (Å²) in [6.45, 7) is 5.41. The average molecular weight is 155 g/mol. The molecule has 0 aromatic rings. The van der Waals surface area contributed by atoms with E-state index < -0.39 is 0 Å². The number of hydrogen-bond acceptors (Lipinski definition) is 2. The van der Waals surface area contributed by atoms with E-state index in [1.165, 1.54) is 6.42 Å². The maximum absolute atomic E-state index is 10.9. The summed E-state index contributed by atoms with van der Waals surface area (Å²) in [6.07, 6.45) is 5.68. The van der Waals surface area contributed by atoms with Crippen molar-refractivity contribution in [1.82, 2.24) is 5.32 Å². The Bertz CT molecular complexity index is 130. The van der Waals surface area contributed by atoms with Crippen LogP contribution in [0.5, 0.6) is 0 Å². The highest BCUT2D eigenvalue weighted by Gasteiger charge is 1.92. The molecule has 0 saturated carbocycles. The number of rotatable bonds is 6. The highest BCUT2D eigenvalue weighted by atomic mass is 16.1. The lowest BCUT2D eigenvalue weighted by molar-refractivity contribution is -0.113. The van der Waals surface area contributed by atoms with Crippen LogP contribution in [0.25, 0.3) is 0 Å². The van der Waals surface area contributed by atoms with Crippen molar-refractivity contribution in [3.05, 3.63) is 12.2 Å². The Labute approximate surface area is 68.7 Å². The summed E-state index contributed by atoms with van der Waals surface area (Å²) in [5.41, 5.74) is 0. The molecule has 0 fully saturated rings. The van der Waals surface area contributed by atoms with E-state index in [0.717, 1.165) is 13.0 Å². The van der Waals surface area contributed by atoms with E-state index in [1.54, 1.807) is 12.2 Å². The third-order valence-electron chi connectivity index (χ3n) is 1.36. The Morgan fingerprint density at radius 1 is 1.55 bits per heavy atom. The van der Waals surface area contributed by atoms with Crippen LogP contribution in [0.15, 0.2) is 12.2 Å². The van der Waals surface area contributed by atoms with Crippen molar-refractivity contribution in [1.29, 1.82) is 0 Å². The number of allylic oxidation sites excluding steroid dienone is 1. The molecule has 0 aliphatic rings. The van der Waals surface area contributed by atoms with Gasteiger partial charge in [0.05, 0.1) is 6.54 Å². The third kappa shape index (κ3) is 7.26. The Hall–Kier alpha value is -0.630. The van der Waals surface area contributed by atoms with E-state index >= 15 is 0 Å². The van der Waals surface area contributed by atoms with E-state index in [9.17, 15) is 4.79 Å². The van der Waals surface area contributed by atoms with Crippen LogP contribution in [-0.4, -0.2) is 18.9 Å². The molecule has 64 valence electrons. The summed E-state index contributed by atoms with van der Waals surface area (Å²) in [7, 11) is 0. The molecule has 0 unspecified atom stereocenters. The predicted octanol–water partition coefficient (Wildman–Crippen LogP) is 1.52. The lowest BCUT2D eigenvalue weighted by Gasteiger charge is -1.98. The van der Waals surface area contributed by atoms with E-state index in [-0.39, 0.29) is 5.78 Å². The van der Waals surface area contributed by atoms with E-state index in [0.29, 0.717) is 6.54 Å². The minimum Gasteiger partial charge on any atom is -0.310 e. The molecule has 0 saturated heterocycles. The third-order valence-corrected chi connectivity index (χ3v) is 1.36. The van der Waals surface area contributed by atoms with Crippen LogP contribution in [0.4, 0.5) is 0 Å². The normalized spacial score (nSPS) is 10.7. The van der Waals surface area contributed by atoms with Gasteiger partial charge in [0.25, 0.3) is 0 Å². The first-order valence-electron chi connectivity index (χ1n) is 4.17. The zero-order valence-corrected chi connectivity index (χ0v) is 7.39. The molecule has 0 atom stereocenters. The fraction of sp³-hybridized carbons (Fsp3) is 0.667. The van der Waals surface area contributed by atoms with Crippen LogP contribution in [0.3, 0.4) is 0 Å². The molecule has 0 rings (SSSR count). The molecule has 0 aliphatic heterocycles. The van der Waals surface area contributed by atoms with Gasteiger partial charge in [0.1, 0.15) is 0 Å². The van der Waals surface area contributed by atoms with Crippen LogP contribution in [-0.2, 0) is 4.79 Å². The predicted molar refractivity (Wildman–Crippen MR) is 47.6 cm³/mol. The SMILES string of the molecule is CC=CC(=O)CNCCCC. The van der Waals surface area contributed by atoms with Gasteiger partial charge in [-0.05, 0) is 26.0 Å². The van der Waals surface area contributed by atoms with Gasteiger partial charge in [0.15, 0.2) is 5.78 Å². The van der Waals surface area contributed by atoms with Gasteiger partial charge in [0.2, 0.25) is 0 Å². The molecule has 0 amide bonds. The van der Waals surface area contributed by atoms with Crippen molar-refractivity contribution in [2.24, 2.45) is 0 Å². The molecule has 0 radical (unpaired) electrons. The van der Waals surface area contributed by atoms with E-state index in [1.807, 2.05) is 6.92 Å². The highest BCUT2D eigenvalue weighted by Crippen LogP contribution is 1.82. The molecule has 2 nitrogen and oxygen atoms in total. The molecule has 0 bridgehead atoms. The first-order chi connectivity index (χ1) is 5.31. The smallest absolute Gasteiger partial charge is 0.169 e. The van der Waals surface area contributed by atoms with Gasteiger partial charge in [-0.1, -0.05) is 19.4 Å². The minimum atomic E-state index is 0.156. The van der Waals surface area contributed by atoms with Gasteiger partial charge in [-0.3, -0.25) is 4.79 Å². The second kappa shape index (κ2) is 7.48. The molecule has 2 heteroatoms. The average Bonchev–Trinajstić information content (AvgIpc) is 1.99. The molecule has 1 N–H and O–H groups in total. The summed E-state index contributed by atoms with van der Waals surface area (Å²) in [6, 6.07) is 0. The van der Waals surface area contributed by atoms with Crippen molar-refractivity contribution in [2.75, 3.05) is 13.1 Å². The quantitative estimate of drug-likeness (QED) is 0.465. The molecular weight excluding hydrogens is 138 g/mol. The van der Waals surface area contributed by atoms with Crippen LogP contribution in [0.2, 0.25) is 0 Å². The Kier molecular flexibility index (Phi) is 7.05. The van der Waals surface area contributed by atoms with Crippen molar-refractivity contribution >= 4 is 5.78 Å². The Morgan fingerprint density at radius 2 is 2.27 bits per heavy atom. The van der Waals surface area contributed by atoms with Crippen molar-refractivity contribution in [3.8, 4) is 0 Å². The van der Waals surface area contributed by atoms with Gasteiger partial charge in [-0.2, -0.15) is 0 Å². The van der Waals surface area contributed by atoms with Gasteiger partial charge in [-0.25, -0.2) is 0 Å². The molecule has 0 spiro atoms. The summed E-state index contributed by atoms with van der Waals surface area (Å²) in [5.74, 6) is 0.156. The first kappa shape index (κ1) is 10.4. The maximum Gasteiger partial charge on any atom is 0.169 e. The molecule has 0 aromatic heterocycles. The largest absolute Gasteiger partial charge is 0.310 e. The molecular formula is C9H17NO. The van der Waals surface area contributed by atoms with Crippen molar-refractivity contribution in [2.45, 2.75) is 26.7 Å². The lowest BCUT2D eigenvalue weighted by Crippen LogP contribution is -2.22. The van der Waals surface area contributed by atoms with Gasteiger partial charge in [-0.15, -0.1) is 0 Å². The van der Waals surface area contributed by atoms with Gasteiger partial charge in [0, 0.05) is 0 Å². The summed E-state index contributed by atoms with van der Waals surface area (Å²) in [5, 5.41) is 3.07. The zero-order valence-electron chi connectivity index (χ0n) is 7.39. The van der Waals surface area contributed by atoms with Crippen molar-refractivity contribution < 1.29 is 4.79 Å². The van der Waals surface area contributed by atoms with E-state index in [2.05, 4.69) is 12.2 Å². The number of nitrogens with one attached hydrogen (secondary N) is 1.